The Kier molecular flexibility index (Phi) is 9.27. The van der Waals surface area contributed by atoms with E-state index >= 15 is 0 Å². The first-order valence-electron chi connectivity index (χ1n) is 3.76. The summed E-state index contributed by atoms with van der Waals surface area (Å²) in [5.74, 6) is 0. The van der Waals surface area contributed by atoms with Crippen molar-refractivity contribution in [1.82, 2.24) is 3.88 Å². The van der Waals surface area contributed by atoms with Gasteiger partial charge in [-0.1, -0.05) is 0 Å². The molecule has 0 aliphatic rings. The minimum absolute atomic E-state index is 1.19. The molecule has 0 rings (SSSR count). The first kappa shape index (κ1) is 9.65. The second kappa shape index (κ2) is 8.65. The normalized spacial score (nSPS) is 9.89. The summed E-state index contributed by atoms with van der Waals surface area (Å²) < 4.78 is 3.15. The molecule has 0 saturated heterocycles. The summed E-state index contributed by atoms with van der Waals surface area (Å²) in [6.07, 6.45) is 6.92. The SMILES string of the molecule is CCCCCCC[NH][Mo]. The van der Waals surface area contributed by atoms with E-state index in [0.29, 0.717) is 0 Å². The molecule has 2 heteroatoms. The van der Waals surface area contributed by atoms with Gasteiger partial charge < -0.3 is 0 Å². The molecule has 1 N–H and O–H groups in total. The second-order valence-corrected chi connectivity index (χ2v) is 3.02. The Labute approximate surface area is 69.8 Å². The van der Waals surface area contributed by atoms with E-state index in [1.807, 2.05) is 20.1 Å². The molecule has 0 saturated carbocycles. The van der Waals surface area contributed by atoms with Gasteiger partial charge in [0, 0.05) is 0 Å². The zero-order valence-corrected chi connectivity index (χ0v) is 8.16. The van der Waals surface area contributed by atoms with Gasteiger partial charge in [-0.2, -0.15) is 0 Å². The van der Waals surface area contributed by atoms with Crippen molar-refractivity contribution in [2.75, 3.05) is 6.54 Å². The average molecular weight is 210 g/mol. The summed E-state index contributed by atoms with van der Waals surface area (Å²) in [6.45, 7) is 3.44. The Hall–Kier alpha value is 0.648. The second-order valence-electron chi connectivity index (χ2n) is 2.31. The molecule has 0 aromatic heterocycles. The van der Waals surface area contributed by atoms with Gasteiger partial charge in [0.1, 0.15) is 0 Å². The Morgan fingerprint density at radius 3 is 2.33 bits per heavy atom. The van der Waals surface area contributed by atoms with Crippen LogP contribution in [0.3, 0.4) is 0 Å². The molecule has 0 spiro atoms. The summed E-state index contributed by atoms with van der Waals surface area (Å²) in [4.78, 5) is 0. The molecule has 0 aromatic rings. The van der Waals surface area contributed by atoms with Crippen LogP contribution in [0.1, 0.15) is 39.0 Å². The molecule has 0 radical (unpaired) electrons. The maximum atomic E-state index is 3.15. The van der Waals surface area contributed by atoms with Gasteiger partial charge in [-0.05, 0) is 0 Å². The molecule has 55 valence electrons. The Morgan fingerprint density at radius 1 is 1.11 bits per heavy atom. The van der Waals surface area contributed by atoms with Crippen molar-refractivity contribution in [2.24, 2.45) is 0 Å². The minimum atomic E-state index is 1.19. The van der Waals surface area contributed by atoms with Crippen LogP contribution >= 0.6 is 0 Å². The van der Waals surface area contributed by atoms with Crippen molar-refractivity contribution < 1.29 is 20.1 Å². The molecule has 0 amide bonds. The van der Waals surface area contributed by atoms with Crippen LogP contribution in [-0.4, -0.2) is 6.54 Å². The van der Waals surface area contributed by atoms with E-state index in [2.05, 4.69) is 10.8 Å². The molecule has 0 bridgehead atoms. The molecule has 0 atom stereocenters. The number of hydrogen-bond donors (Lipinski definition) is 1. The molecule has 0 fully saturated rings. The van der Waals surface area contributed by atoms with Crippen LogP contribution in [-0.2, 0) is 20.1 Å². The van der Waals surface area contributed by atoms with Crippen molar-refractivity contribution in [2.45, 2.75) is 39.0 Å². The van der Waals surface area contributed by atoms with Crippen LogP contribution in [0.4, 0.5) is 0 Å². The molecular formula is C7H16MoN. The van der Waals surface area contributed by atoms with Crippen molar-refractivity contribution in [3.05, 3.63) is 0 Å². The third kappa shape index (κ3) is 8.65. The van der Waals surface area contributed by atoms with Crippen LogP contribution in [0.15, 0.2) is 0 Å². The van der Waals surface area contributed by atoms with E-state index < -0.39 is 0 Å². The van der Waals surface area contributed by atoms with Crippen LogP contribution in [0.5, 0.6) is 0 Å². The zero-order valence-electron chi connectivity index (χ0n) is 6.15. The van der Waals surface area contributed by atoms with Gasteiger partial charge in [0.05, 0.1) is 0 Å². The quantitative estimate of drug-likeness (QED) is 0.522. The fourth-order valence-corrected chi connectivity index (χ4v) is 1.16. The summed E-state index contributed by atoms with van der Waals surface area (Å²) in [5, 5.41) is 0. The molecule has 9 heavy (non-hydrogen) atoms. The molecule has 0 aliphatic carbocycles. The van der Waals surface area contributed by atoms with Gasteiger partial charge in [0.15, 0.2) is 0 Å². The molecule has 0 unspecified atom stereocenters. The van der Waals surface area contributed by atoms with Crippen LogP contribution < -0.4 is 3.88 Å². The Morgan fingerprint density at radius 2 is 1.78 bits per heavy atom. The van der Waals surface area contributed by atoms with E-state index in [-0.39, 0.29) is 0 Å². The van der Waals surface area contributed by atoms with Gasteiger partial charge in [0.25, 0.3) is 0 Å². The fourth-order valence-electron chi connectivity index (χ4n) is 0.801. The number of hydrogen-bond acceptors (Lipinski definition) is 1. The van der Waals surface area contributed by atoms with E-state index in [1.54, 1.807) is 0 Å². The maximum absolute atomic E-state index is 3.15. The predicted molar refractivity (Wildman–Crippen MR) is 36.8 cm³/mol. The Bertz CT molecular complexity index is 42.2. The summed E-state index contributed by atoms with van der Waals surface area (Å²) in [6, 6.07) is 0. The fraction of sp³-hybridized carbons (Fsp3) is 1.00. The third-order valence-corrected chi connectivity index (χ3v) is 1.88. The van der Waals surface area contributed by atoms with Crippen molar-refractivity contribution in [3.63, 3.8) is 0 Å². The van der Waals surface area contributed by atoms with E-state index in [4.69, 9.17) is 0 Å². The van der Waals surface area contributed by atoms with Crippen LogP contribution in [0, 0.1) is 0 Å². The molecule has 1 nitrogen and oxygen atoms in total. The summed E-state index contributed by atoms with van der Waals surface area (Å²) >= 11 is 1.95. The van der Waals surface area contributed by atoms with Gasteiger partial charge in [-0.25, -0.2) is 0 Å². The zero-order chi connectivity index (χ0) is 6.95. The number of rotatable bonds is 6. The Balaban J connectivity index is 2.60. The summed E-state index contributed by atoms with van der Waals surface area (Å²) in [5.41, 5.74) is 0. The third-order valence-electron chi connectivity index (χ3n) is 1.38. The van der Waals surface area contributed by atoms with E-state index in [0.717, 1.165) is 0 Å². The molecule has 0 aromatic carbocycles. The monoisotopic (exact) mass is 212 g/mol. The van der Waals surface area contributed by atoms with E-state index in [1.165, 1.54) is 38.6 Å². The van der Waals surface area contributed by atoms with Crippen molar-refractivity contribution in [1.29, 1.82) is 0 Å². The first-order chi connectivity index (χ1) is 4.41. The predicted octanol–water partition coefficient (Wildman–Crippen LogP) is 2.01. The number of nitrogens with one attached hydrogen (secondary N) is 1. The molecule has 0 heterocycles. The van der Waals surface area contributed by atoms with Crippen molar-refractivity contribution >= 4 is 0 Å². The van der Waals surface area contributed by atoms with Gasteiger partial charge >= 0.3 is 69.5 Å². The van der Waals surface area contributed by atoms with Gasteiger partial charge in [0.2, 0.25) is 0 Å². The topological polar surface area (TPSA) is 12.0 Å². The number of unbranched alkanes of at least 4 members (excludes halogenated alkanes) is 4. The standard InChI is InChI=1S/C7H16N.Mo/c1-2-3-4-5-6-7-8;/h8H,2-7H2,1H3;/q-1;+1. The van der Waals surface area contributed by atoms with Crippen molar-refractivity contribution in [3.8, 4) is 0 Å². The van der Waals surface area contributed by atoms with Gasteiger partial charge in [-0.15, -0.1) is 0 Å². The van der Waals surface area contributed by atoms with Crippen LogP contribution in [0.2, 0.25) is 0 Å². The first-order valence-corrected chi connectivity index (χ1v) is 4.77. The van der Waals surface area contributed by atoms with Gasteiger partial charge in [-0.3, -0.25) is 0 Å². The molecule has 0 aliphatic heterocycles. The van der Waals surface area contributed by atoms with Crippen LogP contribution in [0.25, 0.3) is 0 Å². The molecular weight excluding hydrogens is 194 g/mol. The average Bonchev–Trinajstić information content (AvgIpc) is 1.89. The van der Waals surface area contributed by atoms with E-state index in [9.17, 15) is 0 Å². The summed E-state index contributed by atoms with van der Waals surface area (Å²) in [7, 11) is 0.